The summed E-state index contributed by atoms with van der Waals surface area (Å²) in [4.78, 5) is 17.4. The minimum absolute atomic E-state index is 0.0112. The van der Waals surface area contributed by atoms with E-state index < -0.39 is 0 Å². The number of nitrogens with zero attached hydrogens (tertiary/aromatic N) is 2. The summed E-state index contributed by atoms with van der Waals surface area (Å²) in [7, 11) is 1.82. The molecule has 1 atom stereocenters. The number of rotatable bonds is 6. The van der Waals surface area contributed by atoms with Crippen molar-refractivity contribution in [1.82, 2.24) is 15.2 Å². The fourth-order valence-electron chi connectivity index (χ4n) is 4.91. The third-order valence-corrected chi connectivity index (χ3v) is 7.07. The van der Waals surface area contributed by atoms with E-state index in [9.17, 15) is 4.79 Å². The van der Waals surface area contributed by atoms with Gasteiger partial charge in [-0.25, -0.2) is 0 Å². The molecule has 0 spiro atoms. The number of anilines is 1. The number of nitrogens with one attached hydrogen (secondary N) is 2. The van der Waals surface area contributed by atoms with Crippen molar-refractivity contribution in [2.75, 3.05) is 11.9 Å². The highest BCUT2D eigenvalue weighted by Crippen LogP contribution is 2.40. The van der Waals surface area contributed by atoms with Crippen LogP contribution in [0.2, 0.25) is 0 Å². The van der Waals surface area contributed by atoms with Crippen LogP contribution in [0.15, 0.2) is 54.6 Å². The van der Waals surface area contributed by atoms with Crippen LogP contribution in [-0.2, 0) is 29.0 Å². The van der Waals surface area contributed by atoms with E-state index in [4.69, 9.17) is 9.84 Å². The number of hydrogen-bond donors (Lipinski definition) is 2. The molecule has 0 aliphatic heterocycles. The van der Waals surface area contributed by atoms with Crippen LogP contribution in [-0.4, -0.2) is 34.2 Å². The summed E-state index contributed by atoms with van der Waals surface area (Å²) in [6.45, 7) is 7.02. The Hall–Kier alpha value is -3.38. The van der Waals surface area contributed by atoms with Crippen LogP contribution >= 0.6 is 0 Å². The average Bonchev–Trinajstić information content (AvgIpc) is 3.44. The first-order valence-electron chi connectivity index (χ1n) is 12.0. The number of H-pyrrole nitrogens is 2. The molecule has 34 heavy (non-hydrogen) atoms. The number of benzene rings is 2. The molecule has 0 fully saturated rings. The van der Waals surface area contributed by atoms with Crippen LogP contribution in [0.25, 0.3) is 22.3 Å². The molecule has 0 saturated heterocycles. The smallest absolute Gasteiger partial charge is 0.226 e. The van der Waals surface area contributed by atoms with Crippen LogP contribution in [0.4, 0.5) is 5.69 Å². The summed E-state index contributed by atoms with van der Waals surface area (Å²) in [5.41, 5.74) is 7.42. The number of amides is 1. The predicted molar refractivity (Wildman–Crippen MR) is 136 cm³/mol. The van der Waals surface area contributed by atoms with Gasteiger partial charge in [-0.1, -0.05) is 57.2 Å². The number of carbonyl (C=O) groups is 1. The lowest BCUT2D eigenvalue weighted by Crippen LogP contribution is -2.39. The van der Waals surface area contributed by atoms with Crippen molar-refractivity contribution in [2.45, 2.75) is 52.7 Å². The highest BCUT2D eigenvalue weighted by atomic mass is 16.5. The molecule has 0 radical (unpaired) electrons. The largest absolute Gasteiger partial charge is 0.373 e. The van der Waals surface area contributed by atoms with Crippen molar-refractivity contribution < 1.29 is 9.53 Å². The van der Waals surface area contributed by atoms with Gasteiger partial charge in [0, 0.05) is 47.7 Å². The summed E-state index contributed by atoms with van der Waals surface area (Å²) in [6, 6.07) is 18.5. The molecule has 2 heterocycles. The maximum Gasteiger partial charge on any atom is 0.226 e. The van der Waals surface area contributed by atoms with Gasteiger partial charge in [0.05, 0.1) is 18.4 Å². The van der Waals surface area contributed by atoms with Gasteiger partial charge in [0.2, 0.25) is 5.91 Å². The third kappa shape index (κ3) is 4.14. The van der Waals surface area contributed by atoms with E-state index in [0.29, 0.717) is 13.0 Å². The lowest BCUT2D eigenvalue weighted by atomic mass is 9.73. The zero-order valence-corrected chi connectivity index (χ0v) is 20.3. The third-order valence-electron chi connectivity index (χ3n) is 7.07. The van der Waals surface area contributed by atoms with E-state index in [2.05, 4.69) is 48.2 Å². The molecule has 6 heteroatoms. The van der Waals surface area contributed by atoms with Gasteiger partial charge in [-0.3, -0.25) is 9.89 Å². The fraction of sp³-hybridized carbons (Fsp3) is 0.357. The Bertz CT molecular complexity index is 1320. The summed E-state index contributed by atoms with van der Waals surface area (Å²) in [5, 5.41) is 9.10. The summed E-state index contributed by atoms with van der Waals surface area (Å²) >= 11 is 0. The quantitative estimate of drug-likeness (QED) is 0.394. The van der Waals surface area contributed by atoms with Gasteiger partial charge in [-0.05, 0) is 35.6 Å². The van der Waals surface area contributed by atoms with Crippen molar-refractivity contribution in [3.63, 3.8) is 0 Å². The second kappa shape index (κ2) is 8.76. The number of carbonyl (C=O) groups excluding carboxylic acids is 1. The van der Waals surface area contributed by atoms with Crippen LogP contribution in [0.1, 0.15) is 44.0 Å². The Morgan fingerprint density at radius 2 is 1.97 bits per heavy atom. The molecule has 0 bridgehead atoms. The van der Waals surface area contributed by atoms with E-state index in [-0.39, 0.29) is 17.4 Å². The summed E-state index contributed by atoms with van der Waals surface area (Å²) in [6.07, 6.45) is 2.29. The Morgan fingerprint density at radius 3 is 2.74 bits per heavy atom. The van der Waals surface area contributed by atoms with Crippen molar-refractivity contribution >= 4 is 22.5 Å². The first-order valence-corrected chi connectivity index (χ1v) is 12.0. The van der Waals surface area contributed by atoms with Crippen molar-refractivity contribution in [3.8, 4) is 11.4 Å². The maximum atomic E-state index is 12.1. The zero-order chi connectivity index (χ0) is 23.9. The number of aromatic amines is 2. The highest BCUT2D eigenvalue weighted by molar-refractivity contribution is 5.96. The standard InChI is InChI=1S/C28H32N4O2/c1-5-26(33)32(4)20-12-11-19-13-23(29-22(19)14-20)27-21-15-25(28(2,3)16-24(21)30-31-27)34-17-18-9-7-6-8-10-18/h6-14,25,29H,5,15-17H2,1-4H3,(H,30,31). The Balaban J connectivity index is 1.42. The molecule has 2 aromatic carbocycles. The van der Waals surface area contributed by atoms with E-state index in [1.165, 1.54) is 16.8 Å². The lowest BCUT2D eigenvalue weighted by Gasteiger charge is -2.38. The summed E-state index contributed by atoms with van der Waals surface area (Å²) in [5.74, 6) is 0.0941. The second-order valence-electron chi connectivity index (χ2n) is 9.94. The highest BCUT2D eigenvalue weighted by Gasteiger charge is 2.38. The summed E-state index contributed by atoms with van der Waals surface area (Å²) < 4.78 is 6.45. The van der Waals surface area contributed by atoms with Crippen molar-refractivity contribution in [2.24, 2.45) is 5.41 Å². The number of ether oxygens (including phenoxy) is 1. The van der Waals surface area contributed by atoms with E-state index in [1.807, 2.05) is 44.3 Å². The number of hydrogen-bond acceptors (Lipinski definition) is 3. The van der Waals surface area contributed by atoms with Crippen LogP contribution in [0.5, 0.6) is 0 Å². The fourth-order valence-corrected chi connectivity index (χ4v) is 4.91. The van der Waals surface area contributed by atoms with Crippen LogP contribution in [0, 0.1) is 5.41 Å². The van der Waals surface area contributed by atoms with Gasteiger partial charge in [0.1, 0.15) is 5.69 Å². The molecular weight excluding hydrogens is 424 g/mol. The molecule has 1 amide bonds. The number of fused-ring (bicyclic) bond motifs is 2. The van der Waals surface area contributed by atoms with Gasteiger partial charge in [-0.2, -0.15) is 5.10 Å². The molecular formula is C28H32N4O2. The predicted octanol–water partition coefficient (Wildman–Crippen LogP) is 5.64. The first kappa shape index (κ1) is 22.4. The van der Waals surface area contributed by atoms with Crippen molar-refractivity contribution in [1.29, 1.82) is 0 Å². The molecule has 2 N–H and O–H groups in total. The molecule has 4 aromatic rings. The maximum absolute atomic E-state index is 12.1. The normalized spacial score (nSPS) is 17.0. The molecule has 176 valence electrons. The van der Waals surface area contributed by atoms with Gasteiger partial charge < -0.3 is 14.6 Å². The van der Waals surface area contributed by atoms with E-state index in [0.717, 1.165) is 40.8 Å². The van der Waals surface area contributed by atoms with Crippen molar-refractivity contribution in [3.05, 3.63) is 71.4 Å². The SMILES string of the molecule is CCC(=O)N(C)c1ccc2cc(-c3n[nH]c4c3CC(OCc3ccccc3)C(C)(C)C4)[nH]c2c1. The van der Waals surface area contributed by atoms with Gasteiger partial charge in [0.25, 0.3) is 0 Å². The average molecular weight is 457 g/mol. The van der Waals surface area contributed by atoms with Crippen LogP contribution in [0.3, 0.4) is 0 Å². The topological polar surface area (TPSA) is 74.0 Å². The minimum Gasteiger partial charge on any atom is -0.373 e. The zero-order valence-electron chi connectivity index (χ0n) is 20.3. The Morgan fingerprint density at radius 1 is 1.18 bits per heavy atom. The van der Waals surface area contributed by atoms with E-state index in [1.54, 1.807) is 4.90 Å². The molecule has 1 aliphatic rings. The molecule has 1 unspecified atom stereocenters. The lowest BCUT2D eigenvalue weighted by molar-refractivity contribution is -0.118. The van der Waals surface area contributed by atoms with E-state index >= 15 is 0 Å². The Labute approximate surface area is 200 Å². The number of aromatic nitrogens is 3. The van der Waals surface area contributed by atoms with Crippen LogP contribution < -0.4 is 4.90 Å². The second-order valence-corrected chi connectivity index (χ2v) is 9.94. The monoisotopic (exact) mass is 456 g/mol. The molecule has 0 saturated carbocycles. The molecule has 2 aromatic heterocycles. The van der Waals surface area contributed by atoms with Gasteiger partial charge in [-0.15, -0.1) is 0 Å². The Kier molecular flexibility index (Phi) is 5.78. The first-order chi connectivity index (χ1) is 16.4. The minimum atomic E-state index is 0.0112. The molecule has 6 nitrogen and oxygen atoms in total. The molecule has 1 aliphatic carbocycles. The molecule has 5 rings (SSSR count). The van der Waals surface area contributed by atoms with Gasteiger partial charge >= 0.3 is 0 Å². The van der Waals surface area contributed by atoms with Gasteiger partial charge in [0.15, 0.2) is 0 Å².